The van der Waals surface area contributed by atoms with Crippen molar-refractivity contribution < 1.29 is 9.59 Å². The van der Waals surface area contributed by atoms with Crippen LogP contribution < -0.4 is 10.6 Å². The predicted octanol–water partition coefficient (Wildman–Crippen LogP) is 5.76. The summed E-state index contributed by atoms with van der Waals surface area (Å²) < 4.78 is 2.69. The SMILES string of the molecule is Cc1c(NC(=O)c2cnn(-c3ccc(Br)cc3)c2C)cccc1C(=O)Nc1ccccc1. The summed E-state index contributed by atoms with van der Waals surface area (Å²) in [5, 5.41) is 10.2. The second kappa shape index (κ2) is 9.20. The maximum Gasteiger partial charge on any atom is 0.259 e. The topological polar surface area (TPSA) is 76.0 Å². The Morgan fingerprint density at radius 1 is 0.812 bits per heavy atom. The number of carbonyl (C=O) groups excluding carboxylic acids is 2. The molecule has 4 aromatic rings. The predicted molar refractivity (Wildman–Crippen MR) is 130 cm³/mol. The lowest BCUT2D eigenvalue weighted by Gasteiger charge is -2.13. The van der Waals surface area contributed by atoms with Gasteiger partial charge in [-0.2, -0.15) is 5.10 Å². The van der Waals surface area contributed by atoms with Crippen molar-refractivity contribution in [3.05, 3.63) is 106 Å². The van der Waals surface area contributed by atoms with E-state index >= 15 is 0 Å². The summed E-state index contributed by atoms with van der Waals surface area (Å²) in [5.74, 6) is -0.515. The van der Waals surface area contributed by atoms with Gasteiger partial charge in [0.05, 0.1) is 23.1 Å². The number of nitrogens with one attached hydrogen (secondary N) is 2. The zero-order valence-electron chi connectivity index (χ0n) is 17.6. The first kappa shape index (κ1) is 21.5. The van der Waals surface area contributed by atoms with Crippen molar-refractivity contribution in [2.45, 2.75) is 13.8 Å². The van der Waals surface area contributed by atoms with Crippen LogP contribution in [0.25, 0.3) is 5.69 Å². The molecule has 6 nitrogen and oxygen atoms in total. The van der Waals surface area contributed by atoms with E-state index in [2.05, 4.69) is 31.7 Å². The maximum absolute atomic E-state index is 13.0. The fourth-order valence-corrected chi connectivity index (χ4v) is 3.67. The quantitative estimate of drug-likeness (QED) is 0.375. The Balaban J connectivity index is 1.55. The minimum Gasteiger partial charge on any atom is -0.322 e. The molecule has 0 atom stereocenters. The molecule has 0 unspecified atom stereocenters. The summed E-state index contributed by atoms with van der Waals surface area (Å²) in [6, 6.07) is 22.2. The molecule has 0 fully saturated rings. The molecule has 32 heavy (non-hydrogen) atoms. The van der Waals surface area contributed by atoms with Gasteiger partial charge < -0.3 is 10.6 Å². The van der Waals surface area contributed by atoms with Crippen LogP contribution >= 0.6 is 15.9 Å². The molecule has 0 bridgehead atoms. The number of anilines is 2. The van der Waals surface area contributed by atoms with E-state index in [1.54, 1.807) is 29.1 Å². The van der Waals surface area contributed by atoms with E-state index in [4.69, 9.17) is 0 Å². The lowest BCUT2D eigenvalue weighted by molar-refractivity contribution is 0.101. The number of hydrogen-bond acceptors (Lipinski definition) is 3. The van der Waals surface area contributed by atoms with Crippen LogP contribution in [0.4, 0.5) is 11.4 Å². The van der Waals surface area contributed by atoms with E-state index in [9.17, 15) is 9.59 Å². The number of nitrogens with zero attached hydrogens (tertiary/aromatic N) is 2. The fourth-order valence-electron chi connectivity index (χ4n) is 3.40. The second-order valence-corrected chi connectivity index (χ2v) is 8.20. The van der Waals surface area contributed by atoms with E-state index in [1.165, 1.54) is 0 Å². The van der Waals surface area contributed by atoms with E-state index in [0.717, 1.165) is 15.9 Å². The Morgan fingerprint density at radius 2 is 1.50 bits per heavy atom. The van der Waals surface area contributed by atoms with Gasteiger partial charge in [-0.1, -0.05) is 40.2 Å². The van der Waals surface area contributed by atoms with E-state index < -0.39 is 0 Å². The highest BCUT2D eigenvalue weighted by atomic mass is 79.9. The molecule has 0 saturated heterocycles. The Hall–Kier alpha value is -3.71. The van der Waals surface area contributed by atoms with Crippen molar-refractivity contribution in [3.8, 4) is 5.69 Å². The Morgan fingerprint density at radius 3 is 2.22 bits per heavy atom. The largest absolute Gasteiger partial charge is 0.322 e. The van der Waals surface area contributed by atoms with Crippen molar-refractivity contribution in [2.24, 2.45) is 0 Å². The maximum atomic E-state index is 13.0. The average molecular weight is 489 g/mol. The lowest BCUT2D eigenvalue weighted by atomic mass is 10.1. The number of carbonyl (C=O) groups is 2. The van der Waals surface area contributed by atoms with Crippen LogP contribution in [0.1, 0.15) is 32.0 Å². The van der Waals surface area contributed by atoms with Crippen molar-refractivity contribution in [1.82, 2.24) is 9.78 Å². The van der Waals surface area contributed by atoms with Crippen LogP contribution in [-0.2, 0) is 0 Å². The molecule has 2 amide bonds. The molecular weight excluding hydrogens is 468 g/mol. The summed E-state index contributed by atoms with van der Waals surface area (Å²) >= 11 is 3.42. The molecule has 0 saturated carbocycles. The summed E-state index contributed by atoms with van der Waals surface area (Å²) in [5.41, 5.74) is 4.52. The first-order valence-electron chi connectivity index (χ1n) is 10.0. The molecule has 1 aromatic heterocycles. The van der Waals surface area contributed by atoms with Crippen LogP contribution in [-0.4, -0.2) is 21.6 Å². The molecule has 0 spiro atoms. The van der Waals surface area contributed by atoms with Crippen LogP contribution in [0.3, 0.4) is 0 Å². The number of amides is 2. The minimum absolute atomic E-state index is 0.232. The number of rotatable bonds is 5. The third-order valence-corrected chi connectivity index (χ3v) is 5.71. The third-order valence-electron chi connectivity index (χ3n) is 5.18. The molecule has 4 rings (SSSR count). The van der Waals surface area contributed by atoms with Gasteiger partial charge in [0.15, 0.2) is 0 Å². The number of aromatic nitrogens is 2. The van der Waals surface area contributed by atoms with E-state index in [-0.39, 0.29) is 11.8 Å². The smallest absolute Gasteiger partial charge is 0.259 e. The molecule has 0 radical (unpaired) electrons. The molecule has 1 heterocycles. The highest BCUT2D eigenvalue weighted by Crippen LogP contribution is 2.23. The van der Waals surface area contributed by atoms with Crippen LogP contribution in [0.15, 0.2) is 83.5 Å². The van der Waals surface area contributed by atoms with Crippen LogP contribution in [0.5, 0.6) is 0 Å². The van der Waals surface area contributed by atoms with Crippen LogP contribution in [0, 0.1) is 13.8 Å². The van der Waals surface area contributed by atoms with Gasteiger partial charge in [0, 0.05) is 21.4 Å². The van der Waals surface area contributed by atoms with Crippen molar-refractivity contribution in [1.29, 1.82) is 0 Å². The van der Waals surface area contributed by atoms with E-state index in [0.29, 0.717) is 28.1 Å². The summed E-state index contributed by atoms with van der Waals surface area (Å²) in [7, 11) is 0. The average Bonchev–Trinajstić information content (AvgIpc) is 3.17. The molecule has 0 aliphatic heterocycles. The van der Waals surface area contributed by atoms with Crippen molar-refractivity contribution in [3.63, 3.8) is 0 Å². The fraction of sp³-hybridized carbons (Fsp3) is 0.0800. The normalized spacial score (nSPS) is 10.6. The van der Waals surface area contributed by atoms with Gasteiger partial charge in [0.1, 0.15) is 0 Å². The van der Waals surface area contributed by atoms with Gasteiger partial charge in [-0.3, -0.25) is 9.59 Å². The molecule has 0 aliphatic rings. The van der Waals surface area contributed by atoms with E-state index in [1.807, 2.05) is 68.4 Å². The zero-order chi connectivity index (χ0) is 22.7. The van der Waals surface area contributed by atoms with Crippen LogP contribution in [0.2, 0.25) is 0 Å². The number of halogens is 1. The lowest BCUT2D eigenvalue weighted by Crippen LogP contribution is -2.17. The van der Waals surface area contributed by atoms with Crippen molar-refractivity contribution in [2.75, 3.05) is 10.6 Å². The van der Waals surface area contributed by atoms with Gasteiger partial charge in [-0.15, -0.1) is 0 Å². The minimum atomic E-state index is -0.283. The summed E-state index contributed by atoms with van der Waals surface area (Å²) in [4.78, 5) is 25.7. The number of hydrogen-bond donors (Lipinski definition) is 2. The number of benzene rings is 3. The summed E-state index contributed by atoms with van der Waals surface area (Å²) in [6.07, 6.45) is 1.55. The Labute approximate surface area is 194 Å². The zero-order valence-corrected chi connectivity index (χ0v) is 19.2. The standard InChI is InChI=1S/C25H21BrN4O2/c1-16-21(24(31)28-19-7-4-3-5-8-19)9-6-10-23(16)29-25(32)22-15-27-30(17(22)2)20-13-11-18(26)12-14-20/h3-15H,1-2H3,(H,28,31)(H,29,32). The Bertz CT molecular complexity index is 1280. The third kappa shape index (κ3) is 4.48. The molecular formula is C25H21BrN4O2. The van der Waals surface area contributed by atoms with Gasteiger partial charge in [0.2, 0.25) is 0 Å². The molecule has 3 aromatic carbocycles. The van der Waals surface area contributed by atoms with Gasteiger partial charge in [-0.25, -0.2) is 4.68 Å². The highest BCUT2D eigenvalue weighted by molar-refractivity contribution is 9.10. The highest BCUT2D eigenvalue weighted by Gasteiger charge is 2.18. The molecule has 7 heteroatoms. The first-order chi connectivity index (χ1) is 15.4. The Kier molecular flexibility index (Phi) is 6.18. The van der Waals surface area contributed by atoms with Gasteiger partial charge in [0.25, 0.3) is 11.8 Å². The van der Waals surface area contributed by atoms with Gasteiger partial charge >= 0.3 is 0 Å². The van der Waals surface area contributed by atoms with Crippen molar-refractivity contribution >= 4 is 39.1 Å². The second-order valence-electron chi connectivity index (χ2n) is 7.28. The monoisotopic (exact) mass is 488 g/mol. The van der Waals surface area contributed by atoms with Gasteiger partial charge in [-0.05, 0) is 67.9 Å². The number of para-hydroxylation sites is 1. The molecule has 160 valence electrons. The molecule has 2 N–H and O–H groups in total. The molecule has 0 aliphatic carbocycles. The summed E-state index contributed by atoms with van der Waals surface area (Å²) in [6.45, 7) is 3.66. The first-order valence-corrected chi connectivity index (χ1v) is 10.8.